The lowest BCUT2D eigenvalue weighted by Crippen LogP contribution is -2.46. The molecule has 0 aliphatic heterocycles. The maximum absolute atomic E-state index is 11.0. The quantitative estimate of drug-likeness (QED) is 0.306. The molecule has 0 bridgehead atoms. The number of halogens is 4. The van der Waals surface area contributed by atoms with E-state index in [-0.39, 0.29) is 0 Å². The third-order valence-corrected chi connectivity index (χ3v) is 2.53. The smallest absolute Gasteiger partial charge is 0.409 e. The molecule has 0 heterocycles. The molecule has 0 fully saturated rings. The summed E-state index contributed by atoms with van der Waals surface area (Å²) in [5.41, 5.74) is 0. The summed E-state index contributed by atoms with van der Waals surface area (Å²) >= 11 is 22.2. The second-order valence-electron chi connectivity index (χ2n) is 2.97. The lowest BCUT2D eigenvalue weighted by Gasteiger charge is -2.23. The van der Waals surface area contributed by atoms with Gasteiger partial charge in [-0.2, -0.15) is 0 Å². The van der Waals surface area contributed by atoms with Gasteiger partial charge in [-0.1, -0.05) is 0 Å². The lowest BCUT2D eigenvalue weighted by atomic mass is 10.6. The maximum Gasteiger partial charge on any atom is 0.409 e. The van der Waals surface area contributed by atoms with Gasteiger partial charge in [0.2, 0.25) is 0 Å². The molecule has 8 nitrogen and oxygen atoms in total. The van der Waals surface area contributed by atoms with Gasteiger partial charge in [-0.15, -0.1) is 46.4 Å². The molecule has 118 valence electrons. The molecule has 0 saturated heterocycles. The highest BCUT2D eigenvalue weighted by molar-refractivity contribution is 6.45. The second kappa shape index (κ2) is 10.4. The second-order valence-corrected chi connectivity index (χ2v) is 5.30. The third kappa shape index (κ3) is 8.03. The Morgan fingerprint density at radius 3 is 1.30 bits per heavy atom. The Balaban J connectivity index is 4.47. The molecule has 0 spiro atoms. The molecule has 0 rings (SSSR count). The Bertz CT molecular complexity index is 289. The summed E-state index contributed by atoms with van der Waals surface area (Å²) in [6.45, 7) is 0. The van der Waals surface area contributed by atoms with Crippen LogP contribution in [0.3, 0.4) is 0 Å². The van der Waals surface area contributed by atoms with Crippen LogP contribution < -0.4 is 10.6 Å². The zero-order valence-electron chi connectivity index (χ0n) is 10.3. The first-order valence-corrected chi connectivity index (χ1v) is 6.63. The van der Waals surface area contributed by atoms with Crippen LogP contribution in [0, 0.1) is 0 Å². The predicted molar refractivity (Wildman–Crippen MR) is 71.8 cm³/mol. The van der Waals surface area contributed by atoms with E-state index in [0.29, 0.717) is 0 Å². The van der Waals surface area contributed by atoms with Crippen LogP contribution in [0.4, 0.5) is 9.59 Å². The van der Waals surface area contributed by atoms with Crippen molar-refractivity contribution >= 4 is 58.6 Å². The molecule has 2 amide bonds. The Morgan fingerprint density at radius 2 is 1.10 bits per heavy atom. The van der Waals surface area contributed by atoms with Crippen LogP contribution in [-0.2, 0) is 19.2 Å². The van der Waals surface area contributed by atoms with Gasteiger partial charge in [0, 0.05) is 0 Å². The van der Waals surface area contributed by atoms with Crippen LogP contribution in [0.2, 0.25) is 0 Å². The van der Waals surface area contributed by atoms with Gasteiger partial charge in [-0.25, -0.2) is 19.4 Å². The number of hydrogen-bond donors (Lipinski definition) is 2. The minimum Gasteiger partial charge on any atom is -0.453 e. The molecule has 0 saturated carbocycles. The highest BCUT2D eigenvalue weighted by Gasteiger charge is 2.27. The van der Waals surface area contributed by atoms with E-state index in [1.54, 1.807) is 0 Å². The van der Waals surface area contributed by atoms with Gasteiger partial charge in [0.05, 0.1) is 14.2 Å². The highest BCUT2D eigenvalue weighted by atomic mass is 35.5. The van der Waals surface area contributed by atoms with Crippen LogP contribution in [0.15, 0.2) is 0 Å². The van der Waals surface area contributed by atoms with Crippen molar-refractivity contribution in [2.24, 2.45) is 0 Å². The molecular formula is C8H12Cl4N2O6. The van der Waals surface area contributed by atoms with E-state index < -0.39 is 34.3 Å². The van der Waals surface area contributed by atoms with E-state index in [9.17, 15) is 9.59 Å². The van der Waals surface area contributed by atoms with E-state index in [1.165, 1.54) is 0 Å². The zero-order chi connectivity index (χ0) is 15.7. The molecule has 2 N–H and O–H groups in total. The van der Waals surface area contributed by atoms with Gasteiger partial charge >= 0.3 is 12.2 Å². The summed E-state index contributed by atoms with van der Waals surface area (Å²) in [4.78, 5) is 29.1. The normalized spacial score (nSPS) is 13.8. The molecule has 0 aromatic carbocycles. The molecule has 0 radical (unpaired) electrons. The number of rotatable bonds is 7. The number of ether oxygens (including phenoxy) is 2. The standard InChI is InChI=1S/C8H12Cl4N2O6/c1-17-7(15)13-5(3(9)10)19-20-6(4(11)12)14-8(16)18-2/h3-6H,1-2H3,(H,13,15)(H,14,16)/t5-,6-/m0/s1. The molecular weight excluding hydrogens is 362 g/mol. The van der Waals surface area contributed by atoms with Crippen LogP contribution >= 0.6 is 46.4 Å². The Morgan fingerprint density at radius 1 is 0.800 bits per heavy atom. The first-order valence-electron chi connectivity index (χ1n) is 4.89. The summed E-state index contributed by atoms with van der Waals surface area (Å²) < 4.78 is 8.64. The average Bonchev–Trinajstić information content (AvgIpc) is 2.40. The highest BCUT2D eigenvalue weighted by Crippen LogP contribution is 2.14. The van der Waals surface area contributed by atoms with Crippen LogP contribution in [-0.4, -0.2) is 48.5 Å². The lowest BCUT2D eigenvalue weighted by molar-refractivity contribution is -0.353. The summed E-state index contributed by atoms with van der Waals surface area (Å²) in [6, 6.07) is 0. The number of methoxy groups -OCH3 is 2. The first-order chi connectivity index (χ1) is 9.31. The molecule has 0 aromatic heterocycles. The summed E-state index contributed by atoms with van der Waals surface area (Å²) in [5.74, 6) is 0. The Hall–Kier alpha value is -0.380. The van der Waals surface area contributed by atoms with Crippen molar-refractivity contribution < 1.29 is 28.8 Å². The van der Waals surface area contributed by atoms with E-state index in [4.69, 9.17) is 56.2 Å². The molecule has 0 aliphatic rings. The number of amides is 2. The summed E-state index contributed by atoms with van der Waals surface area (Å²) in [6.07, 6.45) is -4.31. The number of nitrogens with one attached hydrogen (secondary N) is 2. The van der Waals surface area contributed by atoms with Crippen molar-refractivity contribution in [3.05, 3.63) is 0 Å². The topological polar surface area (TPSA) is 95.1 Å². The fraction of sp³-hybridized carbons (Fsp3) is 0.750. The number of hydrogen-bond acceptors (Lipinski definition) is 6. The number of alkyl carbamates (subject to hydrolysis) is 2. The molecule has 20 heavy (non-hydrogen) atoms. The van der Waals surface area contributed by atoms with E-state index in [2.05, 4.69) is 20.1 Å². The van der Waals surface area contributed by atoms with Crippen molar-refractivity contribution in [2.45, 2.75) is 22.1 Å². The monoisotopic (exact) mass is 372 g/mol. The van der Waals surface area contributed by atoms with Gasteiger partial charge in [-0.05, 0) is 0 Å². The first kappa shape index (κ1) is 19.6. The molecule has 0 aliphatic carbocycles. The summed E-state index contributed by atoms with van der Waals surface area (Å²) in [5, 5.41) is 4.25. The average molecular weight is 374 g/mol. The Labute approximate surface area is 134 Å². The zero-order valence-corrected chi connectivity index (χ0v) is 13.3. The van der Waals surface area contributed by atoms with Crippen LogP contribution in [0.5, 0.6) is 0 Å². The van der Waals surface area contributed by atoms with Crippen LogP contribution in [0.25, 0.3) is 0 Å². The van der Waals surface area contributed by atoms with Gasteiger partial charge in [-0.3, -0.25) is 10.6 Å². The van der Waals surface area contributed by atoms with Crippen LogP contribution in [0.1, 0.15) is 0 Å². The number of carbonyl (C=O) groups excluding carboxylic acids is 2. The maximum atomic E-state index is 11.0. The predicted octanol–water partition coefficient (Wildman–Crippen LogP) is 1.91. The van der Waals surface area contributed by atoms with E-state index in [1.807, 2.05) is 0 Å². The van der Waals surface area contributed by atoms with Gasteiger partial charge < -0.3 is 9.47 Å². The summed E-state index contributed by atoms with van der Waals surface area (Å²) in [7, 11) is 2.25. The minimum atomic E-state index is -1.29. The fourth-order valence-electron chi connectivity index (χ4n) is 0.728. The molecule has 0 aromatic rings. The number of alkyl halides is 4. The van der Waals surface area contributed by atoms with E-state index in [0.717, 1.165) is 14.2 Å². The van der Waals surface area contributed by atoms with Gasteiger partial charge in [0.15, 0.2) is 22.1 Å². The van der Waals surface area contributed by atoms with Crippen molar-refractivity contribution in [1.82, 2.24) is 10.6 Å². The van der Waals surface area contributed by atoms with Crippen molar-refractivity contribution in [3.8, 4) is 0 Å². The van der Waals surface area contributed by atoms with E-state index >= 15 is 0 Å². The Kier molecular flexibility index (Phi) is 10.2. The third-order valence-electron chi connectivity index (χ3n) is 1.61. The fourth-order valence-corrected chi connectivity index (χ4v) is 1.15. The number of carbonyl (C=O) groups is 2. The van der Waals surface area contributed by atoms with Crippen molar-refractivity contribution in [1.29, 1.82) is 0 Å². The van der Waals surface area contributed by atoms with Crippen molar-refractivity contribution in [3.63, 3.8) is 0 Å². The minimum absolute atomic E-state index is 0.865. The molecule has 0 unspecified atom stereocenters. The molecule has 2 atom stereocenters. The van der Waals surface area contributed by atoms with Gasteiger partial charge in [0.25, 0.3) is 0 Å². The van der Waals surface area contributed by atoms with Crippen molar-refractivity contribution in [2.75, 3.05) is 14.2 Å². The SMILES string of the molecule is COC(=O)N[C@@H](OO[C@H](NC(=O)OC)C(Cl)Cl)C(Cl)Cl. The molecule has 12 heteroatoms. The van der Waals surface area contributed by atoms with Gasteiger partial charge in [0.1, 0.15) is 0 Å². The largest absolute Gasteiger partial charge is 0.453 e.